The maximum absolute atomic E-state index is 8.49. The molecule has 2 aromatic rings. The largest absolute Gasteiger partial charge is 3.00 e. The maximum Gasteiger partial charge on any atom is 3.00 e. The summed E-state index contributed by atoms with van der Waals surface area (Å²) in [6.07, 6.45) is 2.68. The Morgan fingerprint density at radius 3 is 0.630 bits per heavy atom. The first-order valence-electron chi connectivity index (χ1n) is 6.39. The van der Waals surface area contributed by atoms with Crippen molar-refractivity contribution in [2.45, 2.75) is 0 Å². The minimum Gasteiger partial charge on any atom is -0.457 e. The van der Waals surface area contributed by atoms with Gasteiger partial charge in [-0.25, -0.2) is 95.6 Å². The number of halogens is 4. The van der Waals surface area contributed by atoms with E-state index in [1.54, 1.807) is 0 Å². The second-order valence-corrected chi connectivity index (χ2v) is 6.95. The van der Waals surface area contributed by atoms with E-state index in [1.807, 2.05) is 0 Å². The van der Waals surface area contributed by atoms with E-state index in [9.17, 15) is 0 Å². The van der Waals surface area contributed by atoms with Gasteiger partial charge in [0.25, 0.3) is 11.9 Å². The summed E-state index contributed by atoms with van der Waals surface area (Å²) in [6.45, 7) is 0. The number of nitrogen functional groups attached to an aromatic ring is 4. The molecule has 0 aliphatic rings. The smallest absolute Gasteiger partial charge is 0.457 e. The van der Waals surface area contributed by atoms with Crippen LogP contribution in [0.25, 0.3) is 0 Å². The number of aromatic nitrogens is 6. The van der Waals surface area contributed by atoms with Gasteiger partial charge in [-0.1, -0.05) is 0 Å². The van der Waals surface area contributed by atoms with Gasteiger partial charge in [0.2, 0.25) is 0 Å². The van der Waals surface area contributed by atoms with Crippen molar-refractivity contribution < 1.29 is 192 Å². The Bertz CT molecular complexity index is 676. The third-order valence-electron chi connectivity index (χ3n) is 1.40. The molecule has 0 spiro atoms. The van der Waals surface area contributed by atoms with Gasteiger partial charge >= 0.3 is 33.0 Å². The van der Waals surface area contributed by atoms with Crippen molar-refractivity contribution in [3.05, 3.63) is 12.7 Å². The molecule has 2 aromatic heterocycles. The zero-order chi connectivity index (χ0) is 30.0. The zero-order valence-electron chi connectivity index (χ0n) is 21.3. The van der Waals surface area contributed by atoms with Crippen molar-refractivity contribution in [1.29, 1.82) is 0 Å². The molecule has 0 aromatic carbocycles. The molecule has 0 unspecified atom stereocenters. The van der Waals surface area contributed by atoms with Gasteiger partial charge in [-0.15, -0.1) is 61.4 Å². The van der Waals surface area contributed by atoms with Gasteiger partial charge in [-0.2, -0.15) is 0 Å². The Morgan fingerprint density at radius 1 is 0.457 bits per heavy atom. The standard InChI is InChI=1S/2C2H6N6.4ClHO4.2Ni.8H2O/c2*3-6-2-7-5-1-8(2)4;4*2-1(3,4)5;;;;;;;;;;/h2*1H,3-4H2,(H,6,7);4*(H,2,3,4,5);;;8*1H2/q;;;;;;2*+3;;;;;;;;/p+2. The van der Waals surface area contributed by atoms with Gasteiger partial charge in [0.1, 0.15) is 12.7 Å². The number of anilines is 2. The quantitative estimate of drug-likeness (QED) is 0.0705. The van der Waals surface area contributed by atoms with Crippen LogP contribution in [0.3, 0.4) is 0 Å². The van der Waals surface area contributed by atoms with Crippen LogP contribution in [-0.2, 0) is 65.8 Å². The SMILES string of the molecule is NNc1nncn1N.NNc1nncn1N.O.O.[Ni+3].[Ni+3].[O-][Cl+3]([O-])([O-])[O-].[O-][Cl+3]([O-])([O-])[O-].[O-][Cl+3]([O-])([O-])[O-].[O-][Cl+3]([O-])([O-])[O-].[OH3+].[OH3+].[OH3+].[OH3+].[OH3+].[OH3+]. The average Bonchev–Trinajstić information content (AvgIpc) is 3.16. The van der Waals surface area contributed by atoms with Crippen molar-refractivity contribution in [1.82, 2.24) is 29.7 Å². The summed E-state index contributed by atoms with van der Waals surface area (Å²) in [5, 5.41) is 13.8. The second kappa shape index (κ2) is 43.6. The van der Waals surface area contributed by atoms with E-state index >= 15 is 0 Å². The molecular weight excluding hydrogens is 859 g/mol. The first-order valence-corrected chi connectivity index (χ1v) is 11.3. The molecule has 42 heteroatoms. The van der Waals surface area contributed by atoms with Crippen molar-refractivity contribution >= 4 is 11.9 Å². The van der Waals surface area contributed by atoms with Crippen LogP contribution >= 0.6 is 0 Å². The van der Waals surface area contributed by atoms with Crippen LogP contribution in [-0.4, -0.2) is 40.7 Å². The van der Waals surface area contributed by atoms with E-state index in [-0.39, 0.29) is 76.8 Å². The molecule has 0 bridgehead atoms. The molecule has 2 heterocycles. The minimum atomic E-state index is -4.94. The Kier molecular flexibility index (Phi) is 85.8. The topological polar surface area (TPSA) is 820 Å². The second-order valence-electron chi connectivity index (χ2n) is 3.92. The van der Waals surface area contributed by atoms with Crippen LogP contribution < -0.4 is 109 Å². The Hall–Kier alpha value is -1.41. The molecule has 0 aliphatic carbocycles. The summed E-state index contributed by atoms with van der Waals surface area (Å²) < 4.78 is 138. The van der Waals surface area contributed by atoms with E-state index in [2.05, 4.69) is 31.2 Å². The van der Waals surface area contributed by atoms with Gasteiger partial charge in [-0.3, -0.25) is 10.9 Å². The van der Waals surface area contributed by atoms with E-state index in [1.165, 1.54) is 22.0 Å². The molecule has 2 radical (unpaired) electrons. The number of nitrogens with two attached hydrogens (primary N) is 4. The van der Waals surface area contributed by atoms with Crippen LogP contribution in [0.1, 0.15) is 0 Å². The first-order chi connectivity index (χ1) is 15.7. The number of nitrogens with zero attached hydrogens (tertiary/aromatic N) is 6. The summed E-state index contributed by atoms with van der Waals surface area (Å²) in [7, 11) is -19.8. The van der Waals surface area contributed by atoms with Gasteiger partial charge in [0, 0.05) is 0 Å². The van der Waals surface area contributed by atoms with Crippen LogP contribution in [0.5, 0.6) is 0 Å². The predicted octanol–water partition coefficient (Wildman–Crippen LogP) is -29.7. The maximum atomic E-state index is 8.49. The van der Waals surface area contributed by atoms with Crippen molar-refractivity contribution in [3.8, 4) is 0 Å². The monoisotopic (exact) mass is 890 g/mol. The van der Waals surface area contributed by atoms with Crippen LogP contribution in [0.4, 0.5) is 11.9 Å². The number of nitrogens with one attached hydrogen (secondary N) is 2. The van der Waals surface area contributed by atoms with Crippen LogP contribution in [0, 0.1) is 41.0 Å². The summed E-state index contributed by atoms with van der Waals surface area (Å²) in [5.41, 5.74) is 4.48. The van der Waals surface area contributed by atoms with Crippen molar-refractivity contribution in [3.63, 3.8) is 0 Å². The molecule has 0 fully saturated rings. The summed E-state index contributed by atoms with van der Waals surface area (Å²) in [4.78, 5) is 0. The fourth-order valence-corrected chi connectivity index (χ4v) is 0.692. The van der Waals surface area contributed by atoms with Gasteiger partial charge < -0.3 is 55.5 Å². The van der Waals surface area contributed by atoms with E-state index in [0.717, 1.165) is 0 Å². The summed E-state index contributed by atoms with van der Waals surface area (Å²) in [6, 6.07) is 0. The molecule has 2 rings (SSSR count). The molecule has 36 nitrogen and oxygen atoms in total. The minimum absolute atomic E-state index is 0. The molecule has 0 amide bonds. The number of hydrazine groups is 2. The van der Waals surface area contributed by atoms with Gasteiger partial charge in [0.05, 0.1) is 0 Å². The molecule has 32 N–H and O–H groups in total. The molecule has 0 saturated heterocycles. The molecular formula is C4H34Cl4N12Ni2O24+8. The molecule has 0 atom stereocenters. The summed E-state index contributed by atoms with van der Waals surface area (Å²) in [5.74, 6) is 21.0. The van der Waals surface area contributed by atoms with Crippen molar-refractivity contribution in [2.24, 2.45) is 11.7 Å². The first kappa shape index (κ1) is 90.5. The molecule has 294 valence electrons. The third-order valence-corrected chi connectivity index (χ3v) is 1.40. The molecule has 0 saturated carbocycles. The Morgan fingerprint density at radius 2 is 0.587 bits per heavy atom. The van der Waals surface area contributed by atoms with Crippen LogP contribution in [0.15, 0.2) is 12.7 Å². The van der Waals surface area contributed by atoms with E-state index in [4.69, 9.17) is 97.9 Å². The van der Waals surface area contributed by atoms with Crippen LogP contribution in [0.2, 0.25) is 0 Å². The van der Waals surface area contributed by atoms with Gasteiger partial charge in [0.15, 0.2) is 0 Å². The third kappa shape index (κ3) is 144. The fraction of sp³-hybridized carbons (Fsp3) is 0. The Labute approximate surface area is 280 Å². The molecule has 0 aliphatic heterocycles. The van der Waals surface area contributed by atoms with E-state index < -0.39 is 41.0 Å². The predicted molar refractivity (Wildman–Crippen MR) is 92.4 cm³/mol. The molecule has 46 heavy (non-hydrogen) atoms. The van der Waals surface area contributed by atoms with Gasteiger partial charge in [-0.05, 0) is 0 Å². The zero-order valence-corrected chi connectivity index (χ0v) is 26.3. The fourth-order valence-electron chi connectivity index (χ4n) is 0.692. The number of hydrogen-bond donors (Lipinski definition) is 6. The normalized spacial score (nSPS) is 8.39. The average molecular weight is 894 g/mol. The number of rotatable bonds is 2. The Balaban J connectivity index is -0.0000000216. The summed E-state index contributed by atoms with van der Waals surface area (Å²) >= 11 is 0. The van der Waals surface area contributed by atoms with Crippen molar-refractivity contribution in [2.75, 3.05) is 22.5 Å². The van der Waals surface area contributed by atoms with E-state index in [0.29, 0.717) is 11.9 Å². The number of hydrogen-bond acceptors (Lipinski definition) is 26.